The van der Waals surface area contributed by atoms with Gasteiger partial charge in [0.15, 0.2) is 0 Å². The van der Waals surface area contributed by atoms with E-state index < -0.39 is 17.8 Å². The van der Waals surface area contributed by atoms with E-state index in [9.17, 15) is 14.4 Å². The lowest BCUT2D eigenvalue weighted by molar-refractivity contribution is -0.119. The van der Waals surface area contributed by atoms with Gasteiger partial charge in [0.05, 0.1) is 6.42 Å². The van der Waals surface area contributed by atoms with E-state index in [1.807, 2.05) is 30.3 Å². The highest BCUT2D eigenvalue weighted by Gasteiger charge is 2.11. The minimum absolute atomic E-state index is 0.0966. The van der Waals surface area contributed by atoms with Crippen molar-refractivity contribution < 1.29 is 19.1 Å². The van der Waals surface area contributed by atoms with E-state index in [4.69, 9.17) is 10.5 Å². The number of nitrogens with zero attached hydrogens (tertiary/aromatic N) is 1. The van der Waals surface area contributed by atoms with Crippen molar-refractivity contribution in [2.45, 2.75) is 13.3 Å². The predicted octanol–water partition coefficient (Wildman–Crippen LogP) is 3.17. The molecule has 3 rings (SSSR count). The predicted molar refractivity (Wildman–Crippen MR) is 111 cm³/mol. The van der Waals surface area contributed by atoms with Crippen molar-refractivity contribution >= 4 is 23.5 Å². The topological polar surface area (TPSA) is 123 Å². The fourth-order valence-corrected chi connectivity index (χ4v) is 2.69. The smallest absolute Gasteiger partial charge is 0.325 e. The van der Waals surface area contributed by atoms with Crippen molar-refractivity contribution in [3.8, 4) is 11.5 Å². The number of imide groups is 1. The summed E-state index contributed by atoms with van der Waals surface area (Å²) in [4.78, 5) is 39.2. The second-order valence-electron chi connectivity index (χ2n) is 6.48. The molecule has 1 heterocycles. The van der Waals surface area contributed by atoms with Gasteiger partial charge >= 0.3 is 6.03 Å². The molecule has 0 saturated carbocycles. The number of aromatic nitrogens is 1. The Morgan fingerprint density at radius 3 is 2.43 bits per heavy atom. The molecule has 0 atom stereocenters. The first-order chi connectivity index (χ1) is 14.4. The maximum Gasteiger partial charge on any atom is 0.325 e. The Hall–Kier alpha value is -4.20. The monoisotopic (exact) mass is 404 g/mol. The number of amides is 4. The maximum atomic E-state index is 12.1. The molecule has 0 aliphatic heterocycles. The van der Waals surface area contributed by atoms with Crippen LogP contribution in [0.15, 0.2) is 66.9 Å². The summed E-state index contributed by atoms with van der Waals surface area (Å²) in [6.45, 7) is 1.79. The summed E-state index contributed by atoms with van der Waals surface area (Å²) in [5.74, 6) is -0.147. The molecule has 1 aromatic heterocycles. The third-order valence-corrected chi connectivity index (χ3v) is 4.13. The van der Waals surface area contributed by atoms with Crippen molar-refractivity contribution in [1.29, 1.82) is 0 Å². The van der Waals surface area contributed by atoms with Gasteiger partial charge in [-0.15, -0.1) is 0 Å². The van der Waals surface area contributed by atoms with E-state index in [1.165, 1.54) is 12.3 Å². The van der Waals surface area contributed by atoms with E-state index in [2.05, 4.69) is 15.6 Å². The van der Waals surface area contributed by atoms with Crippen LogP contribution in [0.25, 0.3) is 0 Å². The fraction of sp³-hybridized carbons (Fsp3) is 0.0909. The summed E-state index contributed by atoms with van der Waals surface area (Å²) in [5, 5.41) is 4.95. The van der Waals surface area contributed by atoms with E-state index in [1.54, 1.807) is 31.2 Å². The molecule has 4 N–H and O–H groups in total. The quantitative estimate of drug-likeness (QED) is 0.582. The molecule has 4 amide bonds. The first kappa shape index (κ1) is 20.5. The van der Waals surface area contributed by atoms with Crippen molar-refractivity contribution in [3.63, 3.8) is 0 Å². The molecule has 0 aliphatic carbocycles. The number of benzene rings is 2. The van der Waals surface area contributed by atoms with E-state index in [0.717, 1.165) is 11.1 Å². The van der Waals surface area contributed by atoms with Gasteiger partial charge in [-0.25, -0.2) is 4.79 Å². The van der Waals surface area contributed by atoms with E-state index in [0.29, 0.717) is 17.2 Å². The number of anilines is 1. The van der Waals surface area contributed by atoms with Crippen molar-refractivity contribution in [1.82, 2.24) is 10.3 Å². The number of ether oxygens (including phenoxy) is 1. The molecule has 8 heteroatoms. The number of nitrogens with two attached hydrogens (primary N) is 1. The number of primary amides is 1. The first-order valence-corrected chi connectivity index (χ1v) is 9.10. The highest BCUT2D eigenvalue weighted by molar-refractivity contribution is 6.02. The van der Waals surface area contributed by atoms with Crippen LogP contribution in [0.3, 0.4) is 0 Å². The summed E-state index contributed by atoms with van der Waals surface area (Å²) >= 11 is 0. The average Bonchev–Trinajstić information content (AvgIpc) is 2.71. The summed E-state index contributed by atoms with van der Waals surface area (Å²) in [7, 11) is 0. The standard InChI is InChI=1S/C22H20N4O4/c1-14-11-16(30-17-9-10-24-19(13-17)21(23)28)7-8-18(14)25-22(29)26-20(27)12-15-5-3-2-4-6-15/h2-11,13H,12H2,1H3,(H2,23,28)(H2,25,26,27,29). The Morgan fingerprint density at radius 1 is 1.00 bits per heavy atom. The van der Waals surface area contributed by atoms with Gasteiger partial charge < -0.3 is 15.8 Å². The Balaban J connectivity index is 1.59. The van der Waals surface area contributed by atoms with Crippen molar-refractivity contribution in [2.75, 3.05) is 5.32 Å². The number of hydrogen-bond acceptors (Lipinski definition) is 5. The SMILES string of the molecule is Cc1cc(Oc2ccnc(C(N)=O)c2)ccc1NC(=O)NC(=O)Cc1ccccc1. The zero-order valence-electron chi connectivity index (χ0n) is 16.2. The number of hydrogen-bond donors (Lipinski definition) is 3. The Bertz CT molecular complexity index is 1080. The molecule has 2 aromatic carbocycles. The number of aryl methyl sites for hydroxylation is 1. The molecule has 0 radical (unpaired) electrons. The lowest BCUT2D eigenvalue weighted by Gasteiger charge is -2.12. The Labute approximate surface area is 173 Å². The normalized spacial score (nSPS) is 10.2. The third kappa shape index (κ3) is 5.65. The number of carbonyl (C=O) groups is 3. The van der Waals surface area contributed by atoms with Crippen LogP contribution in [0.1, 0.15) is 21.6 Å². The molecular weight excluding hydrogens is 384 g/mol. The van der Waals surface area contributed by atoms with Crippen LogP contribution in [0, 0.1) is 6.92 Å². The Kier molecular flexibility index (Phi) is 6.39. The number of nitrogens with one attached hydrogen (secondary N) is 2. The van der Waals surface area contributed by atoms with Gasteiger partial charge in [0.1, 0.15) is 17.2 Å². The van der Waals surface area contributed by atoms with Crippen LogP contribution in [0.5, 0.6) is 11.5 Å². The molecule has 3 aromatic rings. The maximum absolute atomic E-state index is 12.1. The summed E-state index contributed by atoms with van der Waals surface area (Å²) in [5.41, 5.74) is 7.38. The largest absolute Gasteiger partial charge is 0.457 e. The molecule has 0 unspecified atom stereocenters. The summed E-state index contributed by atoms with van der Waals surface area (Å²) in [6.07, 6.45) is 1.54. The van der Waals surface area contributed by atoms with Crippen LogP contribution >= 0.6 is 0 Å². The van der Waals surface area contributed by atoms with Gasteiger partial charge in [0.2, 0.25) is 5.91 Å². The van der Waals surface area contributed by atoms with E-state index >= 15 is 0 Å². The van der Waals surface area contributed by atoms with Gasteiger partial charge in [-0.2, -0.15) is 0 Å². The number of urea groups is 1. The second kappa shape index (κ2) is 9.33. The molecule has 152 valence electrons. The molecule has 8 nitrogen and oxygen atoms in total. The number of pyridine rings is 1. The number of rotatable bonds is 6. The molecule has 0 fully saturated rings. The van der Waals surface area contributed by atoms with Crippen molar-refractivity contribution in [2.24, 2.45) is 5.73 Å². The lowest BCUT2D eigenvalue weighted by atomic mass is 10.1. The lowest BCUT2D eigenvalue weighted by Crippen LogP contribution is -2.35. The minimum Gasteiger partial charge on any atom is -0.457 e. The molecule has 30 heavy (non-hydrogen) atoms. The zero-order valence-corrected chi connectivity index (χ0v) is 16.2. The molecule has 0 bridgehead atoms. The van der Waals surface area contributed by atoms with Gasteiger partial charge in [-0.1, -0.05) is 30.3 Å². The summed E-state index contributed by atoms with van der Waals surface area (Å²) in [6, 6.07) is 16.6. The van der Waals surface area contributed by atoms with Gasteiger partial charge in [-0.3, -0.25) is 19.9 Å². The average molecular weight is 404 g/mol. The first-order valence-electron chi connectivity index (χ1n) is 9.10. The van der Waals surface area contributed by atoms with Crippen LogP contribution < -0.4 is 21.1 Å². The van der Waals surface area contributed by atoms with Gasteiger partial charge in [0, 0.05) is 18.0 Å². The van der Waals surface area contributed by atoms with Crippen LogP contribution in [0.4, 0.5) is 10.5 Å². The van der Waals surface area contributed by atoms with Crippen LogP contribution in [0.2, 0.25) is 0 Å². The number of carbonyl (C=O) groups excluding carboxylic acids is 3. The van der Waals surface area contributed by atoms with Crippen LogP contribution in [-0.4, -0.2) is 22.8 Å². The third-order valence-electron chi connectivity index (χ3n) is 4.13. The highest BCUT2D eigenvalue weighted by atomic mass is 16.5. The fourth-order valence-electron chi connectivity index (χ4n) is 2.69. The zero-order chi connectivity index (χ0) is 21.5. The highest BCUT2D eigenvalue weighted by Crippen LogP contribution is 2.26. The molecule has 0 spiro atoms. The van der Waals surface area contributed by atoms with Gasteiger partial charge in [-0.05, 0) is 42.3 Å². The molecular formula is C22H20N4O4. The van der Waals surface area contributed by atoms with E-state index in [-0.39, 0.29) is 12.1 Å². The Morgan fingerprint density at radius 2 is 1.73 bits per heavy atom. The molecule has 0 saturated heterocycles. The summed E-state index contributed by atoms with van der Waals surface area (Å²) < 4.78 is 5.71. The molecule has 0 aliphatic rings. The minimum atomic E-state index is -0.649. The van der Waals surface area contributed by atoms with Gasteiger partial charge in [0.25, 0.3) is 5.91 Å². The van der Waals surface area contributed by atoms with Crippen molar-refractivity contribution in [3.05, 3.63) is 83.7 Å². The second-order valence-corrected chi connectivity index (χ2v) is 6.48. The van der Waals surface area contributed by atoms with Crippen LogP contribution in [-0.2, 0) is 11.2 Å².